The number of hydrogen-bond donors (Lipinski definition) is 2. The molecule has 0 fully saturated rings. The zero-order valence-electron chi connectivity index (χ0n) is 16.4. The molecule has 2 N–H and O–H groups in total. The summed E-state index contributed by atoms with van der Waals surface area (Å²) < 4.78 is 5.15. The molecule has 0 aliphatic rings. The molecule has 0 saturated heterocycles. The third-order valence-corrected chi connectivity index (χ3v) is 4.54. The van der Waals surface area contributed by atoms with Gasteiger partial charge in [-0.3, -0.25) is 4.79 Å². The third-order valence-electron chi connectivity index (χ3n) is 4.54. The van der Waals surface area contributed by atoms with Crippen LogP contribution in [0.25, 0.3) is 0 Å². The summed E-state index contributed by atoms with van der Waals surface area (Å²) in [6.45, 7) is 0.610. The highest BCUT2D eigenvalue weighted by molar-refractivity contribution is 5.78. The highest BCUT2D eigenvalue weighted by Gasteiger charge is 2.19. The number of rotatable bonds is 8. The zero-order valence-corrected chi connectivity index (χ0v) is 16.4. The molecule has 140 valence electrons. The minimum Gasteiger partial charge on any atom is -0.497 e. The fourth-order valence-electron chi connectivity index (χ4n) is 2.87. The van der Waals surface area contributed by atoms with Gasteiger partial charge in [-0.15, -0.1) is 0 Å². The first-order valence-electron chi connectivity index (χ1n) is 8.87. The number of carbonyl (C=O) groups is 1. The van der Waals surface area contributed by atoms with Crippen LogP contribution in [-0.2, 0) is 11.2 Å². The molecule has 0 aliphatic carbocycles. The Labute approximate surface area is 156 Å². The number of methoxy groups -OCH3 is 1. The molecule has 0 radical (unpaired) electrons. The van der Waals surface area contributed by atoms with Crippen LogP contribution in [0.4, 0.5) is 5.69 Å². The molecular weight excluding hydrogens is 326 g/mol. The first-order valence-corrected chi connectivity index (χ1v) is 8.87. The van der Waals surface area contributed by atoms with E-state index in [9.17, 15) is 4.79 Å². The van der Waals surface area contributed by atoms with Crippen LogP contribution >= 0.6 is 0 Å². The van der Waals surface area contributed by atoms with Gasteiger partial charge in [-0.05, 0) is 29.8 Å². The molecule has 0 aromatic heterocycles. The summed E-state index contributed by atoms with van der Waals surface area (Å²) in [4.78, 5) is 15.7. The summed E-state index contributed by atoms with van der Waals surface area (Å²) in [7, 11) is 9.92. The van der Waals surface area contributed by atoms with E-state index in [1.165, 1.54) is 16.2 Å². The molecule has 0 saturated carbocycles. The van der Waals surface area contributed by atoms with E-state index in [-0.39, 0.29) is 11.9 Å². The molecular formula is C21H30N3O2+. The van der Waals surface area contributed by atoms with Gasteiger partial charge in [0.15, 0.2) is 0 Å². The van der Waals surface area contributed by atoms with Crippen LogP contribution in [0.2, 0.25) is 0 Å². The number of nitrogens with zero attached hydrogens (tertiary/aromatic N) is 1. The minimum absolute atomic E-state index is 0.0336. The molecule has 2 aromatic carbocycles. The van der Waals surface area contributed by atoms with E-state index in [1.54, 1.807) is 7.11 Å². The number of likely N-dealkylation sites (N-methyl/N-ethyl adjacent to an activating group) is 1. The summed E-state index contributed by atoms with van der Waals surface area (Å²) >= 11 is 0. The lowest BCUT2D eigenvalue weighted by molar-refractivity contribution is -0.890. The lowest BCUT2D eigenvalue weighted by Gasteiger charge is -2.23. The quantitative estimate of drug-likeness (QED) is 0.750. The Morgan fingerprint density at radius 3 is 2.19 bits per heavy atom. The lowest BCUT2D eigenvalue weighted by Crippen LogP contribution is -3.07. The molecule has 0 bridgehead atoms. The summed E-state index contributed by atoms with van der Waals surface area (Å²) in [5.74, 6) is 0.831. The Kier molecular flexibility index (Phi) is 7.04. The van der Waals surface area contributed by atoms with Crippen molar-refractivity contribution in [2.75, 3.05) is 46.7 Å². The number of amides is 1. The molecule has 0 aliphatic heterocycles. The average molecular weight is 356 g/mol. The maximum absolute atomic E-state index is 12.3. The monoisotopic (exact) mass is 356 g/mol. The second-order valence-corrected chi connectivity index (χ2v) is 6.94. The first-order chi connectivity index (χ1) is 12.4. The lowest BCUT2D eigenvalue weighted by atomic mass is 10.0. The number of hydrogen-bond acceptors (Lipinski definition) is 3. The van der Waals surface area contributed by atoms with Gasteiger partial charge in [0.2, 0.25) is 5.91 Å². The molecule has 0 spiro atoms. The SMILES string of the molecule is COc1ccc(CC(=O)NC[C@@H](c2ccc(N(C)C)cc2)[NH+](C)C)cc1. The van der Waals surface area contributed by atoms with E-state index in [0.29, 0.717) is 13.0 Å². The number of anilines is 1. The van der Waals surface area contributed by atoms with Crippen molar-refractivity contribution in [3.8, 4) is 5.75 Å². The molecule has 0 unspecified atom stereocenters. The van der Waals surface area contributed by atoms with Crippen LogP contribution in [-0.4, -0.2) is 47.8 Å². The largest absolute Gasteiger partial charge is 0.497 e. The molecule has 5 nitrogen and oxygen atoms in total. The van der Waals surface area contributed by atoms with E-state index < -0.39 is 0 Å². The van der Waals surface area contributed by atoms with Crippen molar-refractivity contribution >= 4 is 11.6 Å². The Morgan fingerprint density at radius 1 is 1.08 bits per heavy atom. The van der Waals surface area contributed by atoms with Crippen molar-refractivity contribution in [3.05, 3.63) is 59.7 Å². The maximum Gasteiger partial charge on any atom is 0.224 e. The van der Waals surface area contributed by atoms with Crippen molar-refractivity contribution in [3.63, 3.8) is 0 Å². The topological polar surface area (TPSA) is 46.0 Å². The first kappa shape index (κ1) is 19.8. The van der Waals surface area contributed by atoms with Crippen molar-refractivity contribution in [2.24, 2.45) is 0 Å². The minimum atomic E-state index is 0.0336. The number of benzene rings is 2. The number of carbonyl (C=O) groups excluding carboxylic acids is 1. The van der Waals surface area contributed by atoms with Crippen LogP contribution in [0.1, 0.15) is 17.2 Å². The molecule has 2 aromatic rings. The van der Waals surface area contributed by atoms with Crippen LogP contribution in [0.5, 0.6) is 5.75 Å². The van der Waals surface area contributed by atoms with Gasteiger partial charge >= 0.3 is 0 Å². The van der Waals surface area contributed by atoms with Gasteiger partial charge in [0.1, 0.15) is 11.8 Å². The van der Waals surface area contributed by atoms with Gasteiger partial charge in [-0.25, -0.2) is 0 Å². The summed E-state index contributed by atoms with van der Waals surface area (Å²) in [6, 6.07) is 16.3. The Morgan fingerprint density at radius 2 is 1.69 bits per heavy atom. The number of ether oxygens (including phenoxy) is 1. The standard InChI is InChI=1S/C21H29N3O2/c1-23(2)18-10-8-17(9-11-18)20(24(3)4)15-22-21(25)14-16-6-12-19(26-5)13-7-16/h6-13,20H,14-15H2,1-5H3,(H,22,25)/p+1/t20-/m0/s1. The average Bonchev–Trinajstić information content (AvgIpc) is 2.62. The van der Waals surface area contributed by atoms with Gasteiger partial charge in [-0.2, -0.15) is 0 Å². The van der Waals surface area contributed by atoms with Crippen molar-refractivity contribution < 1.29 is 14.4 Å². The summed E-state index contributed by atoms with van der Waals surface area (Å²) in [5.41, 5.74) is 3.37. The van der Waals surface area contributed by atoms with Crippen LogP contribution in [0, 0.1) is 0 Å². The van der Waals surface area contributed by atoms with Gasteiger partial charge in [-0.1, -0.05) is 24.3 Å². The van der Waals surface area contributed by atoms with Crippen LogP contribution < -0.4 is 19.9 Å². The number of quaternary nitrogens is 1. The van der Waals surface area contributed by atoms with Crippen LogP contribution in [0.3, 0.4) is 0 Å². The molecule has 5 heteroatoms. The Bertz CT molecular complexity index is 694. The summed E-state index contributed by atoms with van der Waals surface area (Å²) in [6.07, 6.45) is 0.374. The summed E-state index contributed by atoms with van der Waals surface area (Å²) in [5, 5.41) is 3.08. The molecule has 0 heterocycles. The molecule has 1 atom stereocenters. The molecule has 2 rings (SSSR count). The number of nitrogens with one attached hydrogen (secondary N) is 2. The van der Waals surface area contributed by atoms with Crippen molar-refractivity contribution in [1.82, 2.24) is 5.32 Å². The fraction of sp³-hybridized carbons (Fsp3) is 0.381. The van der Waals surface area contributed by atoms with Crippen molar-refractivity contribution in [1.29, 1.82) is 0 Å². The normalized spacial score (nSPS) is 11.9. The van der Waals surface area contributed by atoms with E-state index in [2.05, 4.69) is 48.6 Å². The van der Waals surface area contributed by atoms with E-state index in [1.807, 2.05) is 38.4 Å². The second kappa shape index (κ2) is 9.25. The highest BCUT2D eigenvalue weighted by atomic mass is 16.5. The Balaban J connectivity index is 1.95. The Hall–Kier alpha value is -2.53. The second-order valence-electron chi connectivity index (χ2n) is 6.94. The zero-order chi connectivity index (χ0) is 19.1. The highest BCUT2D eigenvalue weighted by Crippen LogP contribution is 2.16. The van der Waals surface area contributed by atoms with E-state index >= 15 is 0 Å². The fourth-order valence-corrected chi connectivity index (χ4v) is 2.87. The van der Waals surface area contributed by atoms with Crippen molar-refractivity contribution in [2.45, 2.75) is 12.5 Å². The molecule has 1 amide bonds. The van der Waals surface area contributed by atoms with Gasteiger partial charge < -0.3 is 19.9 Å². The third kappa shape index (κ3) is 5.49. The predicted molar refractivity (Wildman–Crippen MR) is 106 cm³/mol. The van der Waals surface area contributed by atoms with Gasteiger partial charge in [0.05, 0.1) is 34.2 Å². The molecule has 26 heavy (non-hydrogen) atoms. The maximum atomic E-state index is 12.3. The van der Waals surface area contributed by atoms with Gasteiger partial charge in [0.25, 0.3) is 0 Å². The predicted octanol–water partition coefficient (Wildman–Crippen LogP) is 1.31. The van der Waals surface area contributed by atoms with Crippen LogP contribution in [0.15, 0.2) is 48.5 Å². The van der Waals surface area contributed by atoms with E-state index in [0.717, 1.165) is 11.3 Å². The van der Waals surface area contributed by atoms with Gasteiger partial charge in [0, 0.05) is 25.3 Å². The smallest absolute Gasteiger partial charge is 0.224 e. The van der Waals surface area contributed by atoms with E-state index in [4.69, 9.17) is 4.74 Å².